The fourth-order valence-electron chi connectivity index (χ4n) is 1.90. The number of aryl methyl sites for hydroxylation is 1. The maximum absolute atomic E-state index is 11.5. The smallest absolute Gasteiger partial charge is 0.251 e. The monoisotopic (exact) mass is 289 g/mol. The summed E-state index contributed by atoms with van der Waals surface area (Å²) in [6.45, 7) is 2.90. The second kappa shape index (κ2) is 6.43. The first kappa shape index (κ1) is 14.4. The van der Waals surface area contributed by atoms with Gasteiger partial charge in [-0.25, -0.2) is 0 Å². The highest BCUT2D eigenvalue weighted by molar-refractivity contribution is 7.12. The zero-order valence-corrected chi connectivity index (χ0v) is 12.5. The number of carbonyl (C=O) groups excluding carboxylic acids is 1. The molecule has 0 fully saturated rings. The van der Waals surface area contributed by atoms with Gasteiger partial charge >= 0.3 is 0 Å². The number of benzene rings is 1. The molecule has 1 aromatic carbocycles. The molecule has 0 saturated heterocycles. The molecule has 0 saturated carbocycles. The molecule has 106 valence electrons. The first-order valence-electron chi connectivity index (χ1n) is 6.57. The maximum atomic E-state index is 11.5. The van der Waals surface area contributed by atoms with Gasteiger partial charge in [0.1, 0.15) is 0 Å². The Bertz CT molecular complexity index is 607. The van der Waals surface area contributed by atoms with Crippen LogP contribution in [-0.2, 0) is 13.0 Å². The minimum atomic E-state index is -0.130. The fourth-order valence-corrected chi connectivity index (χ4v) is 2.80. The molecule has 4 N–H and O–H groups in total. The molecule has 20 heavy (non-hydrogen) atoms. The molecule has 0 aliphatic carbocycles. The van der Waals surface area contributed by atoms with Gasteiger partial charge in [-0.3, -0.25) is 4.79 Å². The van der Waals surface area contributed by atoms with Crippen molar-refractivity contribution in [1.29, 1.82) is 0 Å². The number of hydrogen-bond acceptors (Lipinski definition) is 4. The predicted molar refractivity (Wildman–Crippen MR) is 85.3 cm³/mol. The molecule has 2 aromatic rings. The Hall–Kier alpha value is -2.01. The van der Waals surface area contributed by atoms with Gasteiger partial charge in [-0.05, 0) is 36.8 Å². The number of amides is 1. The number of hydrogen-bond donors (Lipinski definition) is 3. The molecule has 0 radical (unpaired) electrons. The van der Waals surface area contributed by atoms with Crippen molar-refractivity contribution in [3.8, 4) is 0 Å². The van der Waals surface area contributed by atoms with E-state index in [1.807, 2.05) is 6.07 Å². The van der Waals surface area contributed by atoms with E-state index in [2.05, 4.69) is 29.7 Å². The molecule has 1 heterocycles. The zero-order valence-electron chi connectivity index (χ0n) is 11.7. The van der Waals surface area contributed by atoms with Gasteiger partial charge in [-0.2, -0.15) is 0 Å². The quantitative estimate of drug-likeness (QED) is 0.741. The Labute approximate surface area is 123 Å². The lowest BCUT2D eigenvalue weighted by molar-refractivity contribution is 0.0963. The Morgan fingerprint density at radius 2 is 2.00 bits per heavy atom. The summed E-state index contributed by atoms with van der Waals surface area (Å²) in [5, 5.41) is 5.89. The number of nitrogens with one attached hydrogen (secondary N) is 2. The normalized spacial score (nSPS) is 10.3. The van der Waals surface area contributed by atoms with E-state index in [0.29, 0.717) is 11.3 Å². The Balaban J connectivity index is 2.04. The van der Waals surface area contributed by atoms with E-state index in [0.717, 1.165) is 18.7 Å². The van der Waals surface area contributed by atoms with Gasteiger partial charge in [0.25, 0.3) is 5.91 Å². The van der Waals surface area contributed by atoms with Crippen molar-refractivity contribution in [3.63, 3.8) is 0 Å². The van der Waals surface area contributed by atoms with Crippen molar-refractivity contribution in [2.75, 3.05) is 18.1 Å². The minimum Gasteiger partial charge on any atom is -0.397 e. The van der Waals surface area contributed by atoms with Gasteiger partial charge in [0.05, 0.1) is 11.4 Å². The first-order chi connectivity index (χ1) is 9.63. The molecular formula is C15H19N3OS. The van der Waals surface area contributed by atoms with Crippen LogP contribution in [0.25, 0.3) is 0 Å². The van der Waals surface area contributed by atoms with Crippen molar-refractivity contribution < 1.29 is 4.79 Å². The Morgan fingerprint density at radius 1 is 1.25 bits per heavy atom. The van der Waals surface area contributed by atoms with Crippen LogP contribution in [0.5, 0.6) is 0 Å². The molecule has 1 aromatic heterocycles. The SMILES string of the molecule is CCc1ccc(CNc2ccc(C(=O)NC)cc2N)s1. The highest BCUT2D eigenvalue weighted by Crippen LogP contribution is 2.23. The van der Waals surface area contributed by atoms with Gasteiger partial charge in [-0.15, -0.1) is 11.3 Å². The molecule has 0 atom stereocenters. The van der Waals surface area contributed by atoms with Crippen molar-refractivity contribution in [3.05, 3.63) is 45.6 Å². The molecule has 0 aliphatic rings. The third kappa shape index (κ3) is 3.30. The minimum absolute atomic E-state index is 0.130. The highest BCUT2D eigenvalue weighted by atomic mass is 32.1. The Morgan fingerprint density at radius 3 is 2.60 bits per heavy atom. The molecule has 0 spiro atoms. The van der Waals surface area contributed by atoms with E-state index in [1.54, 1.807) is 30.5 Å². The number of thiophene rings is 1. The number of rotatable bonds is 5. The van der Waals surface area contributed by atoms with Gasteiger partial charge in [0.2, 0.25) is 0 Å². The highest BCUT2D eigenvalue weighted by Gasteiger charge is 2.06. The third-order valence-electron chi connectivity index (χ3n) is 3.06. The average Bonchev–Trinajstić information content (AvgIpc) is 2.93. The topological polar surface area (TPSA) is 67.2 Å². The van der Waals surface area contributed by atoms with E-state index < -0.39 is 0 Å². The molecule has 0 aliphatic heterocycles. The van der Waals surface area contributed by atoms with Crippen LogP contribution in [0.1, 0.15) is 27.0 Å². The predicted octanol–water partition coefficient (Wildman–Crippen LogP) is 2.86. The molecule has 4 nitrogen and oxygen atoms in total. The Kier molecular flexibility index (Phi) is 4.63. The van der Waals surface area contributed by atoms with Gasteiger partial charge < -0.3 is 16.4 Å². The second-order valence-corrected chi connectivity index (χ2v) is 5.71. The lowest BCUT2D eigenvalue weighted by atomic mass is 10.1. The summed E-state index contributed by atoms with van der Waals surface area (Å²) in [5.41, 5.74) is 7.97. The zero-order chi connectivity index (χ0) is 14.5. The molecular weight excluding hydrogens is 270 g/mol. The average molecular weight is 289 g/mol. The van der Waals surface area contributed by atoms with E-state index in [9.17, 15) is 4.79 Å². The summed E-state index contributed by atoms with van der Waals surface area (Å²) >= 11 is 1.80. The molecule has 0 unspecified atom stereocenters. The number of anilines is 2. The summed E-state index contributed by atoms with van der Waals surface area (Å²) in [7, 11) is 1.60. The van der Waals surface area contributed by atoms with Crippen LogP contribution in [0.2, 0.25) is 0 Å². The van der Waals surface area contributed by atoms with Crippen molar-refractivity contribution >= 4 is 28.6 Å². The standard InChI is InChI=1S/C15H19N3OS/c1-3-11-5-6-12(20-11)9-18-14-7-4-10(8-13(14)16)15(19)17-2/h4-8,18H,3,9,16H2,1-2H3,(H,17,19). The first-order valence-corrected chi connectivity index (χ1v) is 7.38. The number of nitrogen functional groups attached to an aromatic ring is 1. The van der Waals surface area contributed by atoms with Crippen LogP contribution < -0.4 is 16.4 Å². The second-order valence-electron chi connectivity index (χ2n) is 4.46. The lowest BCUT2D eigenvalue weighted by Gasteiger charge is -2.09. The molecule has 5 heteroatoms. The van der Waals surface area contributed by atoms with Gasteiger partial charge in [0.15, 0.2) is 0 Å². The molecule has 1 amide bonds. The summed E-state index contributed by atoms with van der Waals surface area (Å²) in [6, 6.07) is 9.58. The summed E-state index contributed by atoms with van der Waals surface area (Å²) in [5.74, 6) is -0.130. The summed E-state index contributed by atoms with van der Waals surface area (Å²) in [6.07, 6.45) is 1.06. The van der Waals surface area contributed by atoms with E-state index in [-0.39, 0.29) is 5.91 Å². The van der Waals surface area contributed by atoms with Crippen molar-refractivity contribution in [2.45, 2.75) is 19.9 Å². The third-order valence-corrected chi connectivity index (χ3v) is 4.29. The van der Waals surface area contributed by atoms with Gasteiger partial charge in [-0.1, -0.05) is 6.92 Å². The molecule has 2 rings (SSSR count). The summed E-state index contributed by atoms with van der Waals surface area (Å²) < 4.78 is 0. The number of nitrogens with two attached hydrogens (primary N) is 1. The maximum Gasteiger partial charge on any atom is 0.251 e. The van der Waals surface area contributed by atoms with Gasteiger partial charge in [0, 0.05) is 28.9 Å². The number of carbonyl (C=O) groups is 1. The lowest BCUT2D eigenvalue weighted by Crippen LogP contribution is -2.18. The van der Waals surface area contributed by atoms with E-state index in [1.165, 1.54) is 9.75 Å². The largest absolute Gasteiger partial charge is 0.397 e. The van der Waals surface area contributed by atoms with E-state index in [4.69, 9.17) is 5.73 Å². The van der Waals surface area contributed by atoms with Crippen LogP contribution in [0.4, 0.5) is 11.4 Å². The molecule has 0 bridgehead atoms. The van der Waals surface area contributed by atoms with Crippen LogP contribution in [0.3, 0.4) is 0 Å². The van der Waals surface area contributed by atoms with E-state index >= 15 is 0 Å². The van der Waals surface area contributed by atoms with Crippen LogP contribution in [-0.4, -0.2) is 13.0 Å². The van der Waals surface area contributed by atoms with Crippen LogP contribution in [0.15, 0.2) is 30.3 Å². The van der Waals surface area contributed by atoms with Crippen LogP contribution in [0, 0.1) is 0 Å². The van der Waals surface area contributed by atoms with Crippen molar-refractivity contribution in [1.82, 2.24) is 5.32 Å². The summed E-state index contributed by atoms with van der Waals surface area (Å²) in [4.78, 5) is 14.2. The van der Waals surface area contributed by atoms with Crippen molar-refractivity contribution in [2.24, 2.45) is 0 Å². The van der Waals surface area contributed by atoms with Crippen LogP contribution >= 0.6 is 11.3 Å². The fraction of sp³-hybridized carbons (Fsp3) is 0.267.